The van der Waals surface area contributed by atoms with Crippen molar-refractivity contribution < 1.29 is 14.1 Å². The van der Waals surface area contributed by atoms with Crippen LogP contribution in [0.5, 0.6) is 0 Å². The first kappa shape index (κ1) is 15.4. The van der Waals surface area contributed by atoms with Gasteiger partial charge in [0.05, 0.1) is 15.0 Å². The summed E-state index contributed by atoms with van der Waals surface area (Å²) in [5, 5.41) is 13.4. The molecule has 0 aliphatic rings. The fourth-order valence-corrected chi connectivity index (χ4v) is 2.30. The molecule has 0 radical (unpaired) electrons. The Morgan fingerprint density at radius 1 is 1.29 bits per heavy atom. The fraction of sp³-hybridized carbons (Fsp3) is 0. The monoisotopic (exact) mass is 372 g/mol. The van der Waals surface area contributed by atoms with Gasteiger partial charge >= 0.3 is 0 Å². The number of hydrogen-bond acceptors (Lipinski definition) is 3. The van der Waals surface area contributed by atoms with Gasteiger partial charge in [0.2, 0.25) is 0 Å². The summed E-state index contributed by atoms with van der Waals surface area (Å²) in [5.74, 6) is -1.41. The average Bonchev–Trinajstić information content (AvgIpc) is 2.41. The highest BCUT2D eigenvalue weighted by Gasteiger charge is 2.15. The van der Waals surface area contributed by atoms with Gasteiger partial charge < -0.3 is 5.32 Å². The molecule has 0 atom stereocenters. The smallest absolute Gasteiger partial charge is 0.283 e. The Bertz CT molecular complexity index is 739. The van der Waals surface area contributed by atoms with Gasteiger partial charge in [-0.15, -0.1) is 0 Å². The lowest BCUT2D eigenvalue weighted by Crippen LogP contribution is -2.13. The predicted molar refractivity (Wildman–Crippen MR) is 80.2 cm³/mol. The summed E-state index contributed by atoms with van der Waals surface area (Å²) in [4.78, 5) is 22.1. The van der Waals surface area contributed by atoms with E-state index in [0.29, 0.717) is 0 Å². The van der Waals surface area contributed by atoms with E-state index >= 15 is 0 Å². The van der Waals surface area contributed by atoms with Crippen molar-refractivity contribution in [2.24, 2.45) is 0 Å². The molecule has 8 heteroatoms. The van der Waals surface area contributed by atoms with Crippen molar-refractivity contribution in [3.05, 3.63) is 67.4 Å². The fourth-order valence-electron chi connectivity index (χ4n) is 1.60. The molecule has 1 N–H and O–H groups in total. The van der Waals surface area contributed by atoms with Gasteiger partial charge in [-0.1, -0.05) is 11.6 Å². The Kier molecular flexibility index (Phi) is 4.54. The van der Waals surface area contributed by atoms with Crippen LogP contribution in [0.3, 0.4) is 0 Å². The molecule has 108 valence electrons. The number of anilines is 1. The minimum Gasteiger partial charge on any atom is -0.322 e. The highest BCUT2D eigenvalue weighted by Crippen LogP contribution is 2.28. The number of hydrogen-bond donors (Lipinski definition) is 1. The van der Waals surface area contributed by atoms with Gasteiger partial charge in [0, 0.05) is 16.8 Å². The molecule has 0 aliphatic carbocycles. The summed E-state index contributed by atoms with van der Waals surface area (Å²) in [5.41, 5.74) is -0.0595. The molecular weight excluding hydrogens is 367 g/mol. The number of nitrogens with one attached hydrogen (secondary N) is 1. The maximum absolute atomic E-state index is 13.6. The molecule has 0 bridgehead atoms. The standard InChI is InChI=1S/C13H7BrClFN2O3/c14-10-6-8(2-4-12(10)18(20)21)17-13(19)9-5-7(15)1-3-11(9)16/h1-6H,(H,17,19). The molecule has 0 unspecified atom stereocenters. The zero-order chi connectivity index (χ0) is 15.6. The van der Waals surface area contributed by atoms with E-state index in [9.17, 15) is 19.3 Å². The third kappa shape index (κ3) is 3.56. The zero-order valence-corrected chi connectivity index (χ0v) is 12.6. The highest BCUT2D eigenvalue weighted by molar-refractivity contribution is 9.10. The Morgan fingerprint density at radius 2 is 2.00 bits per heavy atom. The van der Waals surface area contributed by atoms with Crippen LogP contribution in [-0.2, 0) is 0 Å². The lowest BCUT2D eigenvalue weighted by molar-refractivity contribution is -0.385. The van der Waals surface area contributed by atoms with Crippen molar-refractivity contribution in [2.45, 2.75) is 0 Å². The van der Waals surface area contributed by atoms with Crippen LogP contribution >= 0.6 is 27.5 Å². The predicted octanol–water partition coefficient (Wildman–Crippen LogP) is 4.40. The lowest BCUT2D eigenvalue weighted by atomic mass is 10.2. The number of carbonyl (C=O) groups is 1. The molecule has 2 aromatic rings. The Morgan fingerprint density at radius 3 is 2.62 bits per heavy atom. The molecule has 5 nitrogen and oxygen atoms in total. The minimum absolute atomic E-state index is 0.137. The molecule has 0 saturated heterocycles. The van der Waals surface area contributed by atoms with Crippen molar-refractivity contribution in [3.63, 3.8) is 0 Å². The second kappa shape index (κ2) is 6.19. The van der Waals surface area contributed by atoms with Crippen molar-refractivity contribution >= 4 is 44.8 Å². The normalized spacial score (nSPS) is 10.2. The topological polar surface area (TPSA) is 72.2 Å². The average molecular weight is 374 g/mol. The molecule has 21 heavy (non-hydrogen) atoms. The maximum atomic E-state index is 13.6. The molecule has 0 fully saturated rings. The molecular formula is C13H7BrClFN2O3. The van der Waals surface area contributed by atoms with Gasteiger partial charge in [-0.05, 0) is 46.3 Å². The third-order valence-electron chi connectivity index (χ3n) is 2.58. The van der Waals surface area contributed by atoms with Crippen LogP contribution in [0.1, 0.15) is 10.4 Å². The molecule has 0 saturated carbocycles. The van der Waals surface area contributed by atoms with E-state index in [2.05, 4.69) is 21.2 Å². The number of nitro groups is 1. The molecule has 2 aromatic carbocycles. The van der Waals surface area contributed by atoms with E-state index < -0.39 is 16.6 Å². The van der Waals surface area contributed by atoms with E-state index in [1.165, 1.54) is 30.3 Å². The first-order valence-corrected chi connectivity index (χ1v) is 6.76. The largest absolute Gasteiger partial charge is 0.322 e. The van der Waals surface area contributed by atoms with Crippen molar-refractivity contribution in [1.82, 2.24) is 0 Å². The van der Waals surface area contributed by atoms with Crippen LogP contribution in [0.4, 0.5) is 15.8 Å². The van der Waals surface area contributed by atoms with E-state index in [-0.39, 0.29) is 26.4 Å². The molecule has 2 rings (SSSR count). The van der Waals surface area contributed by atoms with Crippen LogP contribution in [-0.4, -0.2) is 10.8 Å². The molecule has 0 heterocycles. The zero-order valence-electron chi connectivity index (χ0n) is 10.3. The number of nitrogens with zero attached hydrogens (tertiary/aromatic N) is 1. The number of halogens is 3. The first-order valence-electron chi connectivity index (χ1n) is 5.59. The van der Waals surface area contributed by atoms with Crippen LogP contribution in [0.2, 0.25) is 5.02 Å². The van der Waals surface area contributed by atoms with Gasteiger partial charge in [-0.25, -0.2) is 4.39 Å². The third-order valence-corrected chi connectivity index (χ3v) is 3.45. The van der Waals surface area contributed by atoms with Crippen LogP contribution in [0, 0.1) is 15.9 Å². The van der Waals surface area contributed by atoms with E-state index in [0.717, 1.165) is 6.07 Å². The number of nitro benzene ring substituents is 1. The highest BCUT2D eigenvalue weighted by atomic mass is 79.9. The second-order valence-corrected chi connectivity index (χ2v) is 5.29. The molecule has 0 aliphatic heterocycles. The summed E-state index contributed by atoms with van der Waals surface area (Å²) in [6.45, 7) is 0. The molecule has 0 aromatic heterocycles. The number of amides is 1. The van der Waals surface area contributed by atoms with Gasteiger partial charge in [0.15, 0.2) is 0 Å². The molecule has 1 amide bonds. The van der Waals surface area contributed by atoms with Gasteiger partial charge in [-0.2, -0.15) is 0 Å². The summed E-state index contributed by atoms with van der Waals surface area (Å²) in [7, 11) is 0. The first-order chi connectivity index (χ1) is 9.88. The number of rotatable bonds is 3. The Balaban J connectivity index is 2.26. The quantitative estimate of drug-likeness (QED) is 0.640. The van der Waals surface area contributed by atoms with Crippen LogP contribution in [0.25, 0.3) is 0 Å². The van der Waals surface area contributed by atoms with Gasteiger partial charge in [-0.3, -0.25) is 14.9 Å². The van der Waals surface area contributed by atoms with Gasteiger partial charge in [0.1, 0.15) is 5.82 Å². The SMILES string of the molecule is O=C(Nc1ccc([N+](=O)[O-])c(Br)c1)c1cc(Cl)ccc1F. The molecule has 0 spiro atoms. The Labute approximate surface area is 132 Å². The Hall–Kier alpha value is -1.99. The van der Waals surface area contributed by atoms with Crippen molar-refractivity contribution in [3.8, 4) is 0 Å². The van der Waals surface area contributed by atoms with Crippen molar-refractivity contribution in [2.75, 3.05) is 5.32 Å². The minimum atomic E-state index is -0.710. The second-order valence-electron chi connectivity index (χ2n) is 4.00. The summed E-state index contributed by atoms with van der Waals surface area (Å²) in [6, 6.07) is 7.56. The maximum Gasteiger partial charge on any atom is 0.283 e. The van der Waals surface area contributed by atoms with E-state index in [1.807, 2.05) is 0 Å². The summed E-state index contributed by atoms with van der Waals surface area (Å²) >= 11 is 8.75. The van der Waals surface area contributed by atoms with Crippen molar-refractivity contribution in [1.29, 1.82) is 0 Å². The summed E-state index contributed by atoms with van der Waals surface area (Å²) < 4.78 is 13.8. The van der Waals surface area contributed by atoms with Gasteiger partial charge in [0.25, 0.3) is 11.6 Å². The van der Waals surface area contributed by atoms with Crippen LogP contribution < -0.4 is 5.32 Å². The number of carbonyl (C=O) groups excluding carboxylic acids is 1. The van der Waals surface area contributed by atoms with E-state index in [1.54, 1.807) is 0 Å². The lowest BCUT2D eigenvalue weighted by Gasteiger charge is -2.07. The van der Waals surface area contributed by atoms with Crippen LogP contribution in [0.15, 0.2) is 40.9 Å². The summed E-state index contributed by atoms with van der Waals surface area (Å²) in [6.07, 6.45) is 0. The van der Waals surface area contributed by atoms with E-state index in [4.69, 9.17) is 11.6 Å². The number of benzene rings is 2.